The summed E-state index contributed by atoms with van der Waals surface area (Å²) in [5.41, 5.74) is 3.14. The Balaban J connectivity index is 2.50. The molecule has 0 aromatic heterocycles. The zero-order valence-electron chi connectivity index (χ0n) is 7.74. The van der Waals surface area contributed by atoms with Crippen LogP contribution in [0.1, 0.15) is 13.8 Å². The topological polar surface area (TPSA) is 29.4 Å². The number of carbonyl (C=O) groups is 1. The zero-order chi connectivity index (χ0) is 9.42. The average molecular weight is 173 g/mol. The molecule has 0 N–H and O–H groups in total. The second kappa shape index (κ2) is 2.80. The summed E-state index contributed by atoms with van der Waals surface area (Å²) in [6, 6.07) is 0. The Morgan fingerprint density at radius 2 is 2.15 bits per heavy atom. The molecule has 1 aliphatic carbocycles. The van der Waals surface area contributed by atoms with Gasteiger partial charge < -0.3 is 0 Å². The summed E-state index contributed by atoms with van der Waals surface area (Å²) in [5.74, 6) is 0.00630. The lowest BCUT2D eigenvalue weighted by Gasteiger charge is -2.20. The van der Waals surface area contributed by atoms with Crippen molar-refractivity contribution < 1.29 is 4.79 Å². The molecule has 66 valence electrons. The average Bonchev–Trinajstić information content (AvgIpc) is 2.07. The minimum absolute atomic E-state index is 0.130. The van der Waals surface area contributed by atoms with Crippen LogP contribution in [0.5, 0.6) is 0 Å². The van der Waals surface area contributed by atoms with Crippen LogP contribution >= 0.6 is 0 Å². The van der Waals surface area contributed by atoms with Gasteiger partial charge in [-0.2, -0.15) is 0 Å². The van der Waals surface area contributed by atoms with Gasteiger partial charge in [-0.1, -0.05) is 17.7 Å². The van der Waals surface area contributed by atoms with Crippen molar-refractivity contribution >= 4 is 11.5 Å². The summed E-state index contributed by atoms with van der Waals surface area (Å²) in [7, 11) is 0. The van der Waals surface area contributed by atoms with Crippen molar-refractivity contribution in [3.05, 3.63) is 35.6 Å². The summed E-state index contributed by atoms with van der Waals surface area (Å²) in [6.45, 7) is 4.00. The highest BCUT2D eigenvalue weighted by Gasteiger charge is 2.25. The maximum Gasteiger partial charge on any atom is 0.170 e. The Morgan fingerprint density at radius 1 is 1.38 bits per heavy atom. The lowest BCUT2D eigenvalue weighted by molar-refractivity contribution is -0.115. The van der Waals surface area contributed by atoms with Crippen LogP contribution in [0.25, 0.3) is 0 Å². The minimum Gasteiger partial charge on any atom is -0.294 e. The highest BCUT2D eigenvalue weighted by molar-refractivity contribution is 6.20. The van der Waals surface area contributed by atoms with E-state index in [2.05, 4.69) is 11.1 Å². The van der Waals surface area contributed by atoms with Gasteiger partial charge in [-0.15, -0.1) is 0 Å². The Hall–Kier alpha value is -1.44. The van der Waals surface area contributed by atoms with Gasteiger partial charge in [0.2, 0.25) is 0 Å². The Bertz CT molecular complexity index is 383. The Morgan fingerprint density at radius 3 is 2.92 bits per heavy atom. The number of hydrogen-bond acceptors (Lipinski definition) is 2. The third kappa shape index (κ3) is 1.28. The quantitative estimate of drug-likeness (QED) is 0.551. The molecular formula is C11H11NO. The van der Waals surface area contributed by atoms with Gasteiger partial charge in [-0.05, 0) is 19.4 Å². The van der Waals surface area contributed by atoms with Gasteiger partial charge in [0.25, 0.3) is 0 Å². The molecule has 13 heavy (non-hydrogen) atoms. The summed E-state index contributed by atoms with van der Waals surface area (Å²) >= 11 is 0. The number of carbonyl (C=O) groups excluding carboxylic acids is 1. The van der Waals surface area contributed by atoms with E-state index in [1.54, 1.807) is 6.20 Å². The van der Waals surface area contributed by atoms with E-state index in [0.717, 1.165) is 16.9 Å². The van der Waals surface area contributed by atoms with Crippen LogP contribution in [0.3, 0.4) is 0 Å². The molecule has 0 radical (unpaired) electrons. The highest BCUT2D eigenvalue weighted by atomic mass is 16.1. The predicted molar refractivity (Wildman–Crippen MR) is 52.6 cm³/mol. The molecule has 1 atom stereocenters. The van der Waals surface area contributed by atoms with Crippen molar-refractivity contribution in [2.75, 3.05) is 0 Å². The third-order valence-electron chi connectivity index (χ3n) is 2.33. The molecule has 2 aliphatic rings. The van der Waals surface area contributed by atoms with E-state index in [1.165, 1.54) is 6.08 Å². The van der Waals surface area contributed by atoms with Gasteiger partial charge in [0, 0.05) is 12.3 Å². The van der Waals surface area contributed by atoms with Gasteiger partial charge in [0.05, 0.1) is 11.6 Å². The van der Waals surface area contributed by atoms with Crippen LogP contribution < -0.4 is 0 Å². The van der Waals surface area contributed by atoms with Crippen LogP contribution in [-0.4, -0.2) is 11.5 Å². The number of aliphatic imine (C=N–C) groups is 1. The second-order valence-corrected chi connectivity index (χ2v) is 3.45. The first kappa shape index (κ1) is 8.17. The fourth-order valence-electron chi connectivity index (χ4n) is 1.74. The molecule has 2 rings (SSSR count). The van der Waals surface area contributed by atoms with E-state index in [0.29, 0.717) is 0 Å². The molecule has 0 aromatic carbocycles. The van der Waals surface area contributed by atoms with Gasteiger partial charge in [0.15, 0.2) is 5.78 Å². The normalized spacial score (nSPS) is 26.2. The summed E-state index contributed by atoms with van der Waals surface area (Å²) in [5, 5.41) is 0. The molecular weight excluding hydrogens is 162 g/mol. The number of nitrogens with zero attached hydrogens (tertiary/aromatic N) is 1. The van der Waals surface area contributed by atoms with Crippen LogP contribution in [0.15, 0.2) is 40.6 Å². The Labute approximate surface area is 77.4 Å². The fraction of sp³-hybridized carbons (Fsp3) is 0.273. The lowest BCUT2D eigenvalue weighted by atomic mass is 9.85. The monoisotopic (exact) mass is 173 g/mol. The van der Waals surface area contributed by atoms with E-state index < -0.39 is 0 Å². The molecule has 0 fully saturated rings. The van der Waals surface area contributed by atoms with Crippen molar-refractivity contribution in [3.8, 4) is 0 Å². The maximum atomic E-state index is 11.5. The molecule has 0 bridgehead atoms. The van der Waals surface area contributed by atoms with Crippen LogP contribution in [0.4, 0.5) is 0 Å². The van der Waals surface area contributed by atoms with Crippen LogP contribution in [0, 0.1) is 5.92 Å². The molecule has 2 heteroatoms. The fourth-order valence-corrected chi connectivity index (χ4v) is 1.74. The van der Waals surface area contributed by atoms with Gasteiger partial charge in [-0.25, -0.2) is 0 Å². The lowest BCUT2D eigenvalue weighted by Crippen LogP contribution is -2.26. The molecule has 0 saturated heterocycles. The molecule has 0 spiro atoms. The van der Waals surface area contributed by atoms with Crippen molar-refractivity contribution in [3.63, 3.8) is 0 Å². The van der Waals surface area contributed by atoms with E-state index in [-0.39, 0.29) is 11.7 Å². The number of rotatable bonds is 0. The standard InChI is InChI=1S/C11H11NO/c1-7-5-8(2)11-9(6-7)10(13)3-4-12-11/h3-6,9H,1-2H3. The predicted octanol–water partition coefficient (Wildman–Crippen LogP) is 2.05. The molecule has 1 unspecified atom stereocenters. The molecule has 0 aromatic rings. The summed E-state index contributed by atoms with van der Waals surface area (Å²) < 4.78 is 0. The van der Waals surface area contributed by atoms with Crippen molar-refractivity contribution in [1.82, 2.24) is 0 Å². The van der Waals surface area contributed by atoms with E-state index in [4.69, 9.17) is 0 Å². The minimum atomic E-state index is -0.130. The first-order chi connectivity index (χ1) is 6.18. The number of ketones is 1. The Kier molecular flexibility index (Phi) is 1.76. The van der Waals surface area contributed by atoms with Crippen LogP contribution in [0.2, 0.25) is 0 Å². The largest absolute Gasteiger partial charge is 0.294 e. The van der Waals surface area contributed by atoms with Gasteiger partial charge in [-0.3, -0.25) is 9.79 Å². The molecule has 2 nitrogen and oxygen atoms in total. The number of allylic oxidation sites excluding steroid dienone is 5. The smallest absolute Gasteiger partial charge is 0.170 e. The highest BCUT2D eigenvalue weighted by Crippen LogP contribution is 2.23. The van der Waals surface area contributed by atoms with E-state index in [9.17, 15) is 4.79 Å². The summed E-state index contributed by atoms with van der Waals surface area (Å²) in [4.78, 5) is 15.7. The zero-order valence-corrected chi connectivity index (χ0v) is 7.74. The van der Waals surface area contributed by atoms with Crippen molar-refractivity contribution in [1.29, 1.82) is 0 Å². The van der Waals surface area contributed by atoms with Gasteiger partial charge >= 0.3 is 0 Å². The molecule has 0 amide bonds. The van der Waals surface area contributed by atoms with Crippen molar-refractivity contribution in [2.45, 2.75) is 13.8 Å². The SMILES string of the molecule is CC1=CC2C(=O)C=CN=C2C(C)=C1. The second-order valence-electron chi connectivity index (χ2n) is 3.45. The van der Waals surface area contributed by atoms with Gasteiger partial charge in [0.1, 0.15) is 0 Å². The number of fused-ring (bicyclic) bond motifs is 1. The summed E-state index contributed by atoms with van der Waals surface area (Å²) in [6.07, 6.45) is 7.15. The van der Waals surface area contributed by atoms with Crippen LogP contribution in [-0.2, 0) is 4.79 Å². The maximum absolute atomic E-state index is 11.5. The molecule has 0 saturated carbocycles. The van der Waals surface area contributed by atoms with E-state index in [1.807, 2.05) is 19.9 Å². The van der Waals surface area contributed by atoms with E-state index >= 15 is 0 Å². The third-order valence-corrected chi connectivity index (χ3v) is 2.33. The first-order valence-electron chi connectivity index (χ1n) is 4.33. The molecule has 1 heterocycles. The molecule has 1 aliphatic heterocycles. The first-order valence-corrected chi connectivity index (χ1v) is 4.33. The number of hydrogen-bond donors (Lipinski definition) is 0. The van der Waals surface area contributed by atoms with Crippen molar-refractivity contribution in [2.24, 2.45) is 10.9 Å².